The van der Waals surface area contributed by atoms with Crippen molar-refractivity contribution in [2.75, 3.05) is 12.1 Å². The summed E-state index contributed by atoms with van der Waals surface area (Å²) < 4.78 is 16.6. The van der Waals surface area contributed by atoms with Crippen molar-refractivity contribution in [2.45, 2.75) is 26.2 Å². The molecule has 3 aromatic carbocycles. The smallest absolute Gasteiger partial charge is 0.257 e. The van der Waals surface area contributed by atoms with E-state index in [1.54, 1.807) is 30.3 Å². The number of carbonyl (C=O) groups excluding carboxylic acids is 1. The van der Waals surface area contributed by atoms with E-state index in [0.29, 0.717) is 45.2 Å². The summed E-state index contributed by atoms with van der Waals surface area (Å²) in [4.78, 5) is 17.3. The van der Waals surface area contributed by atoms with Crippen molar-refractivity contribution in [1.82, 2.24) is 10.3 Å². The van der Waals surface area contributed by atoms with E-state index < -0.39 is 0 Å². The summed E-state index contributed by atoms with van der Waals surface area (Å²) in [7, 11) is 0. The van der Waals surface area contributed by atoms with Gasteiger partial charge in [0.1, 0.15) is 5.52 Å². The van der Waals surface area contributed by atoms with Crippen molar-refractivity contribution >= 4 is 51.6 Å². The SMILES string of the molecule is CC[C@H](C)c1ccc2oc(-c3ccc(Cl)c(NC(=S)NC(=O)c4ccc5c(c4)OCO5)c3)nc2c1. The fraction of sp³-hybridized carbons (Fsp3) is 0.192. The molecule has 0 saturated heterocycles. The molecule has 35 heavy (non-hydrogen) atoms. The highest BCUT2D eigenvalue weighted by atomic mass is 35.5. The highest BCUT2D eigenvalue weighted by molar-refractivity contribution is 7.80. The molecular weight excluding hydrogens is 486 g/mol. The fourth-order valence-corrected chi connectivity index (χ4v) is 4.10. The van der Waals surface area contributed by atoms with E-state index in [-0.39, 0.29) is 17.8 Å². The van der Waals surface area contributed by atoms with Crippen LogP contribution in [0.25, 0.3) is 22.6 Å². The minimum Gasteiger partial charge on any atom is -0.454 e. The number of hydrogen-bond acceptors (Lipinski definition) is 6. The molecule has 0 bridgehead atoms. The lowest BCUT2D eigenvalue weighted by atomic mass is 9.98. The molecule has 0 fully saturated rings. The zero-order valence-electron chi connectivity index (χ0n) is 19.1. The Morgan fingerprint density at radius 2 is 1.94 bits per heavy atom. The van der Waals surface area contributed by atoms with Crippen molar-refractivity contribution in [2.24, 2.45) is 0 Å². The second kappa shape index (κ2) is 9.56. The van der Waals surface area contributed by atoms with E-state index in [2.05, 4.69) is 41.6 Å². The summed E-state index contributed by atoms with van der Waals surface area (Å²) in [5.41, 5.74) is 4.37. The maximum Gasteiger partial charge on any atom is 0.257 e. The van der Waals surface area contributed by atoms with Crippen LogP contribution in [0.3, 0.4) is 0 Å². The Labute approximate surface area is 212 Å². The first-order chi connectivity index (χ1) is 16.9. The Kier molecular flexibility index (Phi) is 6.32. The van der Waals surface area contributed by atoms with Crippen LogP contribution in [0.5, 0.6) is 11.5 Å². The third-order valence-corrected chi connectivity index (χ3v) is 6.45. The molecule has 1 amide bonds. The van der Waals surface area contributed by atoms with Crippen LogP contribution >= 0.6 is 23.8 Å². The summed E-state index contributed by atoms with van der Waals surface area (Å²) >= 11 is 11.7. The van der Waals surface area contributed by atoms with Crippen LogP contribution < -0.4 is 20.1 Å². The number of carbonyl (C=O) groups is 1. The fourth-order valence-electron chi connectivity index (χ4n) is 3.73. The maximum absolute atomic E-state index is 12.6. The number of fused-ring (bicyclic) bond motifs is 2. The average Bonchev–Trinajstić information content (AvgIpc) is 3.50. The number of ether oxygens (including phenoxy) is 2. The van der Waals surface area contributed by atoms with Crippen LogP contribution in [0.15, 0.2) is 59.0 Å². The number of anilines is 1. The number of nitrogens with zero attached hydrogens (tertiary/aromatic N) is 1. The number of benzene rings is 3. The maximum atomic E-state index is 12.6. The van der Waals surface area contributed by atoms with Crippen LogP contribution in [-0.4, -0.2) is 22.8 Å². The van der Waals surface area contributed by atoms with Gasteiger partial charge in [-0.3, -0.25) is 10.1 Å². The molecule has 0 spiro atoms. The predicted molar refractivity (Wildman–Crippen MR) is 139 cm³/mol. The molecule has 7 nitrogen and oxygen atoms in total. The minimum absolute atomic E-state index is 0.0995. The second-order valence-corrected chi connectivity index (χ2v) is 9.04. The normalized spacial score (nSPS) is 13.0. The van der Waals surface area contributed by atoms with Crippen LogP contribution in [0.2, 0.25) is 5.02 Å². The standard InChI is InChI=1S/C26H22ClN3O4S/c1-3-14(2)15-5-8-21-20(10-15)28-25(34-21)17-4-7-18(27)19(11-17)29-26(35)30-24(31)16-6-9-22-23(12-16)33-13-32-22/h4-12,14H,3,13H2,1-2H3,(H2,29,30,31,35)/t14-/m0/s1. The van der Waals surface area contributed by atoms with Gasteiger partial charge in [0.15, 0.2) is 22.2 Å². The van der Waals surface area contributed by atoms with Gasteiger partial charge < -0.3 is 19.2 Å². The van der Waals surface area contributed by atoms with E-state index in [1.807, 2.05) is 12.1 Å². The highest BCUT2D eigenvalue weighted by Gasteiger charge is 2.18. The number of thiocarbonyl (C=S) groups is 1. The van der Waals surface area contributed by atoms with Gasteiger partial charge in [0, 0.05) is 11.1 Å². The van der Waals surface area contributed by atoms with Crippen molar-refractivity contribution in [3.05, 3.63) is 70.7 Å². The predicted octanol–water partition coefficient (Wildman–Crippen LogP) is 6.52. The lowest BCUT2D eigenvalue weighted by Gasteiger charge is -2.12. The van der Waals surface area contributed by atoms with Gasteiger partial charge in [0.2, 0.25) is 12.7 Å². The Hall–Kier alpha value is -3.62. The lowest BCUT2D eigenvalue weighted by molar-refractivity contribution is 0.0977. The molecule has 5 rings (SSSR count). The second-order valence-electron chi connectivity index (χ2n) is 8.23. The summed E-state index contributed by atoms with van der Waals surface area (Å²) in [6, 6.07) is 16.3. The quantitative estimate of drug-likeness (QED) is 0.297. The monoisotopic (exact) mass is 507 g/mol. The van der Waals surface area contributed by atoms with Gasteiger partial charge >= 0.3 is 0 Å². The molecule has 9 heteroatoms. The first-order valence-electron chi connectivity index (χ1n) is 11.1. The molecule has 1 aromatic heterocycles. The summed E-state index contributed by atoms with van der Waals surface area (Å²) in [5.74, 6) is 1.64. The van der Waals surface area contributed by atoms with Crippen molar-refractivity contribution in [3.8, 4) is 23.0 Å². The molecule has 1 atom stereocenters. The molecule has 2 heterocycles. The Bertz CT molecular complexity index is 1450. The van der Waals surface area contributed by atoms with E-state index in [1.165, 1.54) is 5.56 Å². The number of halogens is 1. The van der Waals surface area contributed by atoms with E-state index >= 15 is 0 Å². The number of amides is 1. The zero-order valence-corrected chi connectivity index (χ0v) is 20.6. The molecular formula is C26H22ClN3O4S. The molecule has 4 aromatic rings. The first kappa shape index (κ1) is 23.1. The van der Waals surface area contributed by atoms with Gasteiger partial charge in [-0.1, -0.05) is 31.5 Å². The van der Waals surface area contributed by atoms with E-state index in [9.17, 15) is 4.79 Å². The number of aromatic nitrogens is 1. The van der Waals surface area contributed by atoms with Crippen LogP contribution in [0, 0.1) is 0 Å². The third-order valence-electron chi connectivity index (χ3n) is 5.92. The third kappa shape index (κ3) is 4.80. The molecule has 0 radical (unpaired) electrons. The van der Waals surface area contributed by atoms with Crippen molar-refractivity contribution in [3.63, 3.8) is 0 Å². The van der Waals surface area contributed by atoms with Crippen molar-refractivity contribution < 1.29 is 18.7 Å². The average molecular weight is 508 g/mol. The topological polar surface area (TPSA) is 85.6 Å². The van der Waals surface area contributed by atoms with E-state index in [4.69, 9.17) is 37.7 Å². The van der Waals surface area contributed by atoms with Crippen LogP contribution in [0.4, 0.5) is 5.69 Å². The van der Waals surface area contributed by atoms with E-state index in [0.717, 1.165) is 17.5 Å². The summed E-state index contributed by atoms with van der Waals surface area (Å²) in [5, 5.41) is 6.17. The molecule has 1 aliphatic rings. The van der Waals surface area contributed by atoms with Gasteiger partial charge in [0.25, 0.3) is 5.91 Å². The number of hydrogen-bond donors (Lipinski definition) is 2. The largest absolute Gasteiger partial charge is 0.454 e. The number of nitrogens with one attached hydrogen (secondary N) is 2. The minimum atomic E-state index is -0.385. The Morgan fingerprint density at radius 1 is 1.11 bits per heavy atom. The number of oxazole rings is 1. The van der Waals surface area contributed by atoms with Gasteiger partial charge in [-0.25, -0.2) is 4.98 Å². The van der Waals surface area contributed by atoms with Gasteiger partial charge in [-0.05, 0) is 78.7 Å². The molecule has 178 valence electrons. The van der Waals surface area contributed by atoms with Crippen LogP contribution in [0.1, 0.15) is 42.1 Å². The van der Waals surface area contributed by atoms with Crippen LogP contribution in [-0.2, 0) is 0 Å². The molecule has 1 aliphatic heterocycles. The molecule has 0 saturated carbocycles. The number of rotatable bonds is 5. The molecule has 0 aliphatic carbocycles. The zero-order chi connectivity index (χ0) is 24.5. The Morgan fingerprint density at radius 3 is 2.77 bits per heavy atom. The summed E-state index contributed by atoms with van der Waals surface area (Å²) in [6.07, 6.45) is 1.05. The van der Waals surface area contributed by atoms with Crippen molar-refractivity contribution in [1.29, 1.82) is 0 Å². The van der Waals surface area contributed by atoms with Gasteiger partial charge in [-0.2, -0.15) is 0 Å². The van der Waals surface area contributed by atoms with Gasteiger partial charge in [-0.15, -0.1) is 0 Å². The molecule has 2 N–H and O–H groups in total. The first-order valence-corrected chi connectivity index (χ1v) is 11.9. The molecule has 0 unspecified atom stereocenters. The Balaban J connectivity index is 1.33. The van der Waals surface area contributed by atoms with Gasteiger partial charge in [0.05, 0.1) is 10.7 Å². The lowest BCUT2D eigenvalue weighted by Crippen LogP contribution is -2.34. The summed E-state index contributed by atoms with van der Waals surface area (Å²) in [6.45, 7) is 4.48. The highest BCUT2D eigenvalue weighted by Crippen LogP contribution is 2.33.